The molecule has 0 aliphatic carbocycles. The van der Waals surface area contributed by atoms with E-state index in [1.54, 1.807) is 18.7 Å². The molecule has 0 fully saturated rings. The van der Waals surface area contributed by atoms with E-state index < -0.39 is 5.97 Å². The Morgan fingerprint density at radius 2 is 2.38 bits per heavy atom. The van der Waals surface area contributed by atoms with Crippen LogP contribution in [0.5, 0.6) is 0 Å². The molecule has 5 nitrogen and oxygen atoms in total. The molecule has 0 amide bonds. The number of rotatable bonds is 2. The number of nitrogens with zero attached hydrogens (tertiary/aromatic N) is 2. The Bertz CT molecular complexity index is 335. The second-order valence-corrected chi connectivity index (χ2v) is 3.42. The Labute approximate surface area is 89.4 Å². The van der Waals surface area contributed by atoms with E-state index in [0.717, 1.165) is 0 Å². The van der Waals surface area contributed by atoms with E-state index in [0.29, 0.717) is 15.9 Å². The van der Waals surface area contributed by atoms with Gasteiger partial charge >= 0.3 is 5.97 Å². The molecule has 0 saturated heterocycles. The van der Waals surface area contributed by atoms with Crippen LogP contribution in [0.4, 0.5) is 5.82 Å². The Morgan fingerprint density at radius 3 is 2.77 bits per heavy atom. The zero-order valence-corrected chi connectivity index (χ0v) is 9.53. The van der Waals surface area contributed by atoms with Gasteiger partial charge in [-0.1, -0.05) is 0 Å². The average molecular weight is 295 g/mol. The molecule has 1 aromatic rings. The predicted octanol–water partition coefficient (Wildman–Crippen LogP) is 0.784. The third kappa shape index (κ3) is 1.93. The molecule has 0 unspecified atom stereocenters. The van der Waals surface area contributed by atoms with Gasteiger partial charge in [-0.3, -0.25) is 4.68 Å². The summed E-state index contributed by atoms with van der Waals surface area (Å²) in [6.07, 6.45) is 0. The van der Waals surface area contributed by atoms with Gasteiger partial charge in [0, 0.05) is 7.05 Å². The zero-order valence-electron chi connectivity index (χ0n) is 7.37. The van der Waals surface area contributed by atoms with Gasteiger partial charge in [0.2, 0.25) is 0 Å². The Balaban J connectivity index is 3.06. The van der Waals surface area contributed by atoms with Crippen molar-refractivity contribution < 1.29 is 9.53 Å². The van der Waals surface area contributed by atoms with E-state index >= 15 is 0 Å². The van der Waals surface area contributed by atoms with Crippen molar-refractivity contribution in [2.24, 2.45) is 7.05 Å². The second-order valence-electron chi connectivity index (χ2n) is 2.40. The number of hydrogen-bond donors (Lipinski definition) is 1. The highest BCUT2D eigenvalue weighted by Gasteiger charge is 2.19. The van der Waals surface area contributed by atoms with Gasteiger partial charge in [-0.15, -0.1) is 0 Å². The smallest absolute Gasteiger partial charge is 0.344 e. The van der Waals surface area contributed by atoms with Gasteiger partial charge in [0.25, 0.3) is 0 Å². The number of aryl methyl sites for hydroxylation is 1. The number of anilines is 1. The highest BCUT2D eigenvalue weighted by atomic mass is 127. The van der Waals surface area contributed by atoms with Crippen molar-refractivity contribution >= 4 is 34.4 Å². The van der Waals surface area contributed by atoms with Crippen LogP contribution in [0, 0.1) is 3.70 Å². The SMILES string of the molecule is CCOC(=O)c1c(N)nn(C)c1I. The van der Waals surface area contributed by atoms with Crippen LogP contribution < -0.4 is 5.73 Å². The number of hydrogen-bond acceptors (Lipinski definition) is 4. The minimum atomic E-state index is -0.419. The highest BCUT2D eigenvalue weighted by Crippen LogP contribution is 2.18. The van der Waals surface area contributed by atoms with E-state index in [1.807, 2.05) is 22.6 Å². The molecular weight excluding hydrogens is 285 g/mol. The molecule has 0 bridgehead atoms. The molecule has 13 heavy (non-hydrogen) atoms. The van der Waals surface area contributed by atoms with Gasteiger partial charge in [-0.05, 0) is 29.5 Å². The lowest BCUT2D eigenvalue weighted by Gasteiger charge is -1.99. The summed E-state index contributed by atoms with van der Waals surface area (Å²) in [6.45, 7) is 2.08. The lowest BCUT2D eigenvalue weighted by atomic mass is 10.3. The van der Waals surface area contributed by atoms with E-state index in [-0.39, 0.29) is 5.82 Å². The molecule has 2 N–H and O–H groups in total. The van der Waals surface area contributed by atoms with E-state index in [9.17, 15) is 4.79 Å². The molecule has 0 aromatic carbocycles. The lowest BCUT2D eigenvalue weighted by Crippen LogP contribution is -2.08. The van der Waals surface area contributed by atoms with Crippen LogP contribution in [0.25, 0.3) is 0 Å². The van der Waals surface area contributed by atoms with Crippen LogP contribution in [0.3, 0.4) is 0 Å². The van der Waals surface area contributed by atoms with E-state index in [1.165, 1.54) is 0 Å². The first-order chi connectivity index (χ1) is 6.07. The molecule has 0 atom stereocenters. The van der Waals surface area contributed by atoms with Crippen LogP contribution >= 0.6 is 22.6 Å². The van der Waals surface area contributed by atoms with Crippen LogP contribution in [0.15, 0.2) is 0 Å². The molecule has 0 aliphatic rings. The molecule has 1 rings (SSSR count). The van der Waals surface area contributed by atoms with Crippen molar-refractivity contribution in [3.05, 3.63) is 9.26 Å². The second kappa shape index (κ2) is 3.95. The van der Waals surface area contributed by atoms with Crippen LogP contribution in [-0.2, 0) is 11.8 Å². The van der Waals surface area contributed by atoms with Crippen molar-refractivity contribution in [2.75, 3.05) is 12.3 Å². The lowest BCUT2D eigenvalue weighted by molar-refractivity contribution is 0.0526. The summed E-state index contributed by atoms with van der Waals surface area (Å²) in [5.74, 6) is -0.206. The van der Waals surface area contributed by atoms with Gasteiger partial charge in [-0.25, -0.2) is 4.79 Å². The van der Waals surface area contributed by atoms with Gasteiger partial charge in [0.15, 0.2) is 5.82 Å². The molecule has 6 heteroatoms. The maximum atomic E-state index is 11.3. The number of halogens is 1. The number of ether oxygens (including phenoxy) is 1. The van der Waals surface area contributed by atoms with Crippen molar-refractivity contribution in [3.8, 4) is 0 Å². The minimum Gasteiger partial charge on any atom is -0.462 e. The number of nitrogens with two attached hydrogens (primary N) is 1. The van der Waals surface area contributed by atoms with Gasteiger partial charge < -0.3 is 10.5 Å². The van der Waals surface area contributed by atoms with E-state index in [4.69, 9.17) is 10.5 Å². The van der Waals surface area contributed by atoms with Crippen LogP contribution in [0.1, 0.15) is 17.3 Å². The molecule has 1 aromatic heterocycles. The fourth-order valence-electron chi connectivity index (χ4n) is 0.915. The predicted molar refractivity (Wildman–Crippen MR) is 56.3 cm³/mol. The molecular formula is C7H10IN3O2. The summed E-state index contributed by atoms with van der Waals surface area (Å²) in [5, 5.41) is 3.90. The standard InChI is InChI=1S/C7H10IN3O2/c1-3-13-7(12)4-5(8)11(2)10-6(4)9/h3H2,1-2H3,(H2,9,10). The summed E-state index contributed by atoms with van der Waals surface area (Å²) in [5.41, 5.74) is 5.89. The Hall–Kier alpha value is -0.790. The summed E-state index contributed by atoms with van der Waals surface area (Å²) in [6, 6.07) is 0. The third-order valence-corrected chi connectivity index (χ3v) is 2.72. The first-order valence-corrected chi connectivity index (χ1v) is 4.80. The Morgan fingerprint density at radius 1 is 1.77 bits per heavy atom. The number of nitrogen functional groups attached to an aromatic ring is 1. The summed E-state index contributed by atoms with van der Waals surface area (Å²) >= 11 is 2.00. The molecule has 0 saturated carbocycles. The number of esters is 1. The minimum absolute atomic E-state index is 0.213. The molecule has 0 radical (unpaired) electrons. The number of carbonyl (C=O) groups excluding carboxylic acids is 1. The maximum Gasteiger partial charge on any atom is 0.344 e. The molecule has 0 aliphatic heterocycles. The van der Waals surface area contributed by atoms with Gasteiger partial charge in [0.05, 0.1) is 6.61 Å². The van der Waals surface area contributed by atoms with Gasteiger partial charge in [-0.2, -0.15) is 5.10 Å². The average Bonchev–Trinajstić information content (AvgIpc) is 2.27. The van der Waals surface area contributed by atoms with Crippen molar-refractivity contribution in [3.63, 3.8) is 0 Å². The first kappa shape index (κ1) is 10.3. The number of carbonyl (C=O) groups is 1. The van der Waals surface area contributed by atoms with Crippen molar-refractivity contribution in [1.82, 2.24) is 9.78 Å². The van der Waals surface area contributed by atoms with Crippen LogP contribution in [-0.4, -0.2) is 22.4 Å². The normalized spacial score (nSPS) is 10.1. The molecule has 72 valence electrons. The first-order valence-electron chi connectivity index (χ1n) is 3.73. The zero-order chi connectivity index (χ0) is 10.0. The Kier molecular flexibility index (Phi) is 3.12. The largest absolute Gasteiger partial charge is 0.462 e. The highest BCUT2D eigenvalue weighted by molar-refractivity contribution is 14.1. The third-order valence-electron chi connectivity index (χ3n) is 1.48. The monoisotopic (exact) mass is 295 g/mol. The fourth-order valence-corrected chi connectivity index (χ4v) is 1.52. The quantitative estimate of drug-likeness (QED) is 0.646. The maximum absolute atomic E-state index is 11.3. The molecule has 0 spiro atoms. The fraction of sp³-hybridized carbons (Fsp3) is 0.429. The van der Waals surface area contributed by atoms with Gasteiger partial charge in [0.1, 0.15) is 9.26 Å². The number of aromatic nitrogens is 2. The van der Waals surface area contributed by atoms with Crippen molar-refractivity contribution in [2.45, 2.75) is 6.92 Å². The summed E-state index contributed by atoms with van der Waals surface area (Å²) < 4.78 is 7.06. The topological polar surface area (TPSA) is 70.1 Å². The van der Waals surface area contributed by atoms with Crippen LogP contribution in [0.2, 0.25) is 0 Å². The van der Waals surface area contributed by atoms with E-state index in [2.05, 4.69) is 5.10 Å². The molecule has 1 heterocycles. The summed E-state index contributed by atoms with van der Waals surface area (Å²) in [4.78, 5) is 11.3. The van der Waals surface area contributed by atoms with Crippen molar-refractivity contribution in [1.29, 1.82) is 0 Å². The summed E-state index contributed by atoms with van der Waals surface area (Å²) in [7, 11) is 1.72.